The maximum atomic E-state index is 9.51. The molecule has 1 N–H and O–H groups in total. The summed E-state index contributed by atoms with van der Waals surface area (Å²) in [4.78, 5) is 2.48. The molecule has 0 radical (unpaired) electrons. The molecule has 18 heavy (non-hydrogen) atoms. The molecule has 0 bridgehead atoms. The molecule has 3 nitrogen and oxygen atoms in total. The van der Waals surface area contributed by atoms with Gasteiger partial charge in [0.2, 0.25) is 0 Å². The summed E-state index contributed by atoms with van der Waals surface area (Å²) in [6, 6.07) is 4.34. The number of hydrogen-bond donors (Lipinski definition) is 1. The Bertz CT molecular complexity index is 329. The maximum absolute atomic E-state index is 9.51. The Kier molecular flexibility index (Phi) is 3.99. The number of nitriles is 1. The zero-order valence-corrected chi connectivity index (χ0v) is 12.2. The van der Waals surface area contributed by atoms with Gasteiger partial charge in [0.15, 0.2) is 0 Å². The van der Waals surface area contributed by atoms with Gasteiger partial charge in [-0.25, -0.2) is 0 Å². The van der Waals surface area contributed by atoms with E-state index in [0.717, 1.165) is 19.3 Å². The van der Waals surface area contributed by atoms with E-state index >= 15 is 0 Å². The van der Waals surface area contributed by atoms with E-state index in [1.165, 1.54) is 12.8 Å². The summed E-state index contributed by atoms with van der Waals surface area (Å²) in [5, 5.41) is 13.1. The minimum absolute atomic E-state index is 0.239. The van der Waals surface area contributed by atoms with Gasteiger partial charge >= 0.3 is 0 Å². The molecule has 0 saturated heterocycles. The van der Waals surface area contributed by atoms with E-state index in [2.05, 4.69) is 44.1 Å². The fraction of sp³-hybridized carbons (Fsp3) is 0.933. The quantitative estimate of drug-likeness (QED) is 0.814. The SMILES string of the molecule is CC(C)C(C)N(C)C1CCC(C#N)(NC2CC2)C1. The van der Waals surface area contributed by atoms with E-state index in [9.17, 15) is 5.26 Å². The third-order valence-electron chi connectivity index (χ3n) is 4.94. The summed E-state index contributed by atoms with van der Waals surface area (Å²) >= 11 is 0. The van der Waals surface area contributed by atoms with E-state index in [1.54, 1.807) is 0 Å². The van der Waals surface area contributed by atoms with E-state index in [0.29, 0.717) is 24.0 Å². The van der Waals surface area contributed by atoms with Crippen LogP contribution in [0, 0.1) is 17.2 Å². The second-order valence-corrected chi connectivity index (χ2v) is 6.66. The summed E-state index contributed by atoms with van der Waals surface area (Å²) in [7, 11) is 2.22. The van der Waals surface area contributed by atoms with Gasteiger partial charge in [-0.05, 0) is 52.0 Å². The Morgan fingerprint density at radius 3 is 2.44 bits per heavy atom. The molecule has 0 aromatic carbocycles. The summed E-state index contributed by atoms with van der Waals surface area (Å²) in [6.45, 7) is 6.84. The number of nitrogens with zero attached hydrogens (tertiary/aromatic N) is 2. The Balaban J connectivity index is 1.95. The second-order valence-electron chi connectivity index (χ2n) is 6.66. The average molecular weight is 249 g/mol. The Hall–Kier alpha value is -0.590. The van der Waals surface area contributed by atoms with Crippen LogP contribution in [0.3, 0.4) is 0 Å². The molecular weight excluding hydrogens is 222 g/mol. The third-order valence-corrected chi connectivity index (χ3v) is 4.94. The van der Waals surface area contributed by atoms with Crippen LogP contribution in [0.15, 0.2) is 0 Å². The average Bonchev–Trinajstić information content (AvgIpc) is 3.05. The smallest absolute Gasteiger partial charge is 0.108 e. The highest BCUT2D eigenvalue weighted by Gasteiger charge is 2.44. The van der Waals surface area contributed by atoms with E-state index in [1.807, 2.05) is 0 Å². The first-order valence-electron chi connectivity index (χ1n) is 7.38. The van der Waals surface area contributed by atoms with Crippen LogP contribution in [0.4, 0.5) is 0 Å². The zero-order valence-electron chi connectivity index (χ0n) is 12.2. The van der Waals surface area contributed by atoms with Crippen molar-refractivity contribution in [3.05, 3.63) is 0 Å². The first-order valence-corrected chi connectivity index (χ1v) is 7.38. The topological polar surface area (TPSA) is 39.1 Å². The minimum atomic E-state index is -0.239. The van der Waals surface area contributed by atoms with Crippen LogP contribution in [0.5, 0.6) is 0 Å². The monoisotopic (exact) mass is 249 g/mol. The van der Waals surface area contributed by atoms with Crippen LogP contribution in [-0.2, 0) is 0 Å². The van der Waals surface area contributed by atoms with Crippen molar-refractivity contribution in [2.24, 2.45) is 5.92 Å². The molecule has 2 aliphatic carbocycles. The van der Waals surface area contributed by atoms with Crippen LogP contribution in [0.25, 0.3) is 0 Å². The fourth-order valence-electron chi connectivity index (χ4n) is 3.05. The predicted molar refractivity (Wildman–Crippen MR) is 74.2 cm³/mol. The van der Waals surface area contributed by atoms with Crippen molar-refractivity contribution in [3.8, 4) is 6.07 Å². The van der Waals surface area contributed by atoms with Crippen molar-refractivity contribution < 1.29 is 0 Å². The van der Waals surface area contributed by atoms with E-state index in [4.69, 9.17) is 0 Å². The lowest BCUT2D eigenvalue weighted by atomic mass is 9.98. The van der Waals surface area contributed by atoms with Crippen molar-refractivity contribution in [2.75, 3.05) is 7.05 Å². The van der Waals surface area contributed by atoms with E-state index in [-0.39, 0.29) is 5.54 Å². The Morgan fingerprint density at radius 2 is 1.94 bits per heavy atom. The van der Waals surface area contributed by atoms with Crippen molar-refractivity contribution in [1.29, 1.82) is 5.26 Å². The molecule has 0 spiro atoms. The van der Waals surface area contributed by atoms with Crippen molar-refractivity contribution in [3.63, 3.8) is 0 Å². The van der Waals surface area contributed by atoms with Crippen molar-refractivity contribution in [2.45, 2.75) is 76.5 Å². The lowest BCUT2D eigenvalue weighted by molar-refractivity contribution is 0.146. The van der Waals surface area contributed by atoms with Crippen LogP contribution in [0.1, 0.15) is 52.9 Å². The summed E-state index contributed by atoms with van der Waals surface area (Å²) in [5.41, 5.74) is -0.239. The van der Waals surface area contributed by atoms with Crippen molar-refractivity contribution in [1.82, 2.24) is 10.2 Å². The largest absolute Gasteiger partial charge is 0.300 e. The van der Waals surface area contributed by atoms with E-state index < -0.39 is 0 Å². The summed E-state index contributed by atoms with van der Waals surface area (Å²) in [5.74, 6) is 0.670. The van der Waals surface area contributed by atoms with Gasteiger partial charge in [-0.15, -0.1) is 0 Å². The van der Waals surface area contributed by atoms with Gasteiger partial charge in [-0.3, -0.25) is 5.32 Å². The molecule has 0 heterocycles. The van der Waals surface area contributed by atoms with Gasteiger partial charge in [0.1, 0.15) is 5.54 Å². The number of nitrogens with one attached hydrogen (secondary N) is 1. The normalized spacial score (nSPS) is 33.9. The lowest BCUT2D eigenvalue weighted by Crippen LogP contribution is -2.46. The van der Waals surface area contributed by atoms with Gasteiger partial charge in [0.05, 0.1) is 6.07 Å². The van der Waals surface area contributed by atoms with Gasteiger partial charge in [0, 0.05) is 18.1 Å². The molecule has 2 aliphatic rings. The summed E-state index contributed by atoms with van der Waals surface area (Å²) in [6.07, 6.45) is 5.67. The van der Waals surface area contributed by atoms with Crippen LogP contribution in [-0.4, -0.2) is 35.6 Å². The molecule has 0 amide bonds. The fourth-order valence-corrected chi connectivity index (χ4v) is 3.05. The highest BCUT2D eigenvalue weighted by molar-refractivity contribution is 5.15. The highest BCUT2D eigenvalue weighted by Crippen LogP contribution is 2.36. The van der Waals surface area contributed by atoms with Crippen LogP contribution in [0.2, 0.25) is 0 Å². The van der Waals surface area contributed by atoms with Crippen molar-refractivity contribution >= 4 is 0 Å². The van der Waals surface area contributed by atoms with Gasteiger partial charge in [-0.2, -0.15) is 5.26 Å². The molecule has 2 rings (SSSR count). The maximum Gasteiger partial charge on any atom is 0.108 e. The Morgan fingerprint density at radius 1 is 1.28 bits per heavy atom. The minimum Gasteiger partial charge on any atom is -0.300 e. The molecule has 0 aliphatic heterocycles. The molecular formula is C15H27N3. The van der Waals surface area contributed by atoms with Crippen LogP contribution < -0.4 is 5.32 Å². The standard InChI is InChI=1S/C15H27N3/c1-11(2)12(3)18(4)14-7-8-15(9-14,10-16)17-13-5-6-13/h11-14,17H,5-9H2,1-4H3. The lowest BCUT2D eigenvalue weighted by Gasteiger charge is -2.34. The highest BCUT2D eigenvalue weighted by atomic mass is 15.2. The summed E-state index contributed by atoms with van der Waals surface area (Å²) < 4.78 is 0. The van der Waals surface area contributed by atoms with Crippen LogP contribution >= 0.6 is 0 Å². The Labute approximate surface area is 112 Å². The molecule has 0 aromatic rings. The number of hydrogen-bond acceptors (Lipinski definition) is 3. The number of rotatable bonds is 5. The molecule has 102 valence electrons. The van der Waals surface area contributed by atoms with Gasteiger partial charge in [0.25, 0.3) is 0 Å². The van der Waals surface area contributed by atoms with Gasteiger partial charge in [-0.1, -0.05) is 13.8 Å². The third kappa shape index (κ3) is 2.87. The molecule has 3 atom stereocenters. The van der Waals surface area contributed by atoms with Gasteiger partial charge < -0.3 is 4.90 Å². The zero-order chi connectivity index (χ0) is 13.3. The molecule has 3 unspecified atom stereocenters. The molecule has 2 fully saturated rings. The first kappa shape index (κ1) is 13.8. The molecule has 2 saturated carbocycles. The second kappa shape index (κ2) is 5.19. The molecule has 0 aromatic heterocycles. The predicted octanol–water partition coefficient (Wildman–Crippen LogP) is 2.53. The molecule has 3 heteroatoms. The first-order chi connectivity index (χ1) is 8.47.